The fourth-order valence-electron chi connectivity index (χ4n) is 2.23. The van der Waals surface area contributed by atoms with Crippen molar-refractivity contribution in [2.45, 2.75) is 26.2 Å². The molecule has 0 atom stereocenters. The third-order valence-corrected chi connectivity index (χ3v) is 3.38. The van der Waals surface area contributed by atoms with Crippen LogP contribution in [0.5, 0.6) is 0 Å². The van der Waals surface area contributed by atoms with Gasteiger partial charge in [0.2, 0.25) is 0 Å². The van der Waals surface area contributed by atoms with E-state index < -0.39 is 0 Å². The monoisotopic (exact) mass is 259 g/mol. The van der Waals surface area contributed by atoms with E-state index in [0.29, 0.717) is 11.3 Å². The van der Waals surface area contributed by atoms with Crippen molar-refractivity contribution in [3.63, 3.8) is 0 Å². The zero-order chi connectivity index (χ0) is 13.8. The normalized spacial score (nSPS) is 10.8. The van der Waals surface area contributed by atoms with Gasteiger partial charge in [-0.1, -0.05) is 19.8 Å². The highest BCUT2D eigenvalue weighted by Gasteiger charge is 2.15. The Balaban J connectivity index is 2.17. The number of carbonyl (C=O) groups is 1. The molecule has 0 saturated carbocycles. The van der Waals surface area contributed by atoms with Crippen molar-refractivity contribution in [1.29, 1.82) is 0 Å². The van der Waals surface area contributed by atoms with Gasteiger partial charge >= 0.3 is 0 Å². The van der Waals surface area contributed by atoms with E-state index in [-0.39, 0.29) is 5.91 Å². The third kappa shape index (κ3) is 2.89. The number of nitrogen functional groups attached to an aromatic ring is 1. The Morgan fingerprint density at radius 1 is 1.37 bits per heavy atom. The second-order valence-corrected chi connectivity index (χ2v) is 4.94. The second kappa shape index (κ2) is 5.78. The lowest BCUT2D eigenvalue weighted by Gasteiger charge is -2.16. The maximum Gasteiger partial charge on any atom is 0.255 e. The number of carbonyl (C=O) groups excluding carboxylic acids is 1. The summed E-state index contributed by atoms with van der Waals surface area (Å²) in [5, 5.41) is 0.932. The number of fused-ring (bicyclic) bond motifs is 1. The number of anilines is 1. The van der Waals surface area contributed by atoms with Crippen LogP contribution in [0.2, 0.25) is 0 Å². The Hall–Kier alpha value is -1.97. The maximum atomic E-state index is 12.4. The Morgan fingerprint density at radius 2 is 2.16 bits per heavy atom. The first kappa shape index (κ1) is 13.5. The molecule has 4 heteroatoms. The van der Waals surface area contributed by atoms with Gasteiger partial charge in [-0.2, -0.15) is 0 Å². The number of unbranched alkanes of at least 4 members (excludes halogenated alkanes) is 2. The predicted octanol–water partition coefficient (Wildman–Crippen LogP) is 3.01. The average molecular weight is 259 g/mol. The molecule has 1 heterocycles. The molecule has 1 amide bonds. The van der Waals surface area contributed by atoms with E-state index >= 15 is 0 Å². The molecule has 0 bridgehead atoms. The van der Waals surface area contributed by atoms with Crippen LogP contribution in [0.1, 0.15) is 36.5 Å². The SMILES string of the molecule is CCCCCN(C)C(=O)c1c[nH]c2cc(N)ccc12. The Bertz CT molecular complexity index is 574. The highest BCUT2D eigenvalue weighted by Crippen LogP contribution is 2.21. The van der Waals surface area contributed by atoms with E-state index in [1.54, 1.807) is 11.1 Å². The molecule has 0 spiro atoms. The van der Waals surface area contributed by atoms with Crippen LogP contribution in [0.15, 0.2) is 24.4 Å². The molecule has 4 nitrogen and oxygen atoms in total. The van der Waals surface area contributed by atoms with Gasteiger partial charge in [0.25, 0.3) is 5.91 Å². The van der Waals surface area contributed by atoms with Gasteiger partial charge in [-0.3, -0.25) is 4.79 Å². The summed E-state index contributed by atoms with van der Waals surface area (Å²) in [6, 6.07) is 5.57. The van der Waals surface area contributed by atoms with Crippen molar-refractivity contribution in [2.24, 2.45) is 0 Å². The molecular formula is C15H21N3O. The number of aromatic nitrogens is 1. The predicted molar refractivity (Wildman–Crippen MR) is 79.2 cm³/mol. The number of hydrogen-bond donors (Lipinski definition) is 2. The van der Waals surface area contributed by atoms with E-state index in [1.807, 2.05) is 25.2 Å². The molecule has 0 fully saturated rings. The first-order valence-corrected chi connectivity index (χ1v) is 6.75. The van der Waals surface area contributed by atoms with E-state index in [2.05, 4.69) is 11.9 Å². The van der Waals surface area contributed by atoms with Crippen molar-refractivity contribution < 1.29 is 4.79 Å². The Labute approximate surface area is 113 Å². The Morgan fingerprint density at radius 3 is 2.89 bits per heavy atom. The largest absolute Gasteiger partial charge is 0.399 e. The van der Waals surface area contributed by atoms with Crippen LogP contribution in [-0.2, 0) is 0 Å². The highest BCUT2D eigenvalue weighted by atomic mass is 16.2. The molecule has 3 N–H and O–H groups in total. The summed E-state index contributed by atoms with van der Waals surface area (Å²) in [7, 11) is 1.86. The average Bonchev–Trinajstić information content (AvgIpc) is 2.80. The lowest BCUT2D eigenvalue weighted by molar-refractivity contribution is 0.0794. The molecule has 0 aliphatic heterocycles. The van der Waals surface area contributed by atoms with Gasteiger partial charge in [0.15, 0.2) is 0 Å². The highest BCUT2D eigenvalue weighted by molar-refractivity contribution is 6.07. The quantitative estimate of drug-likeness (QED) is 0.640. The summed E-state index contributed by atoms with van der Waals surface area (Å²) >= 11 is 0. The smallest absolute Gasteiger partial charge is 0.255 e. The lowest BCUT2D eigenvalue weighted by atomic mass is 10.1. The standard InChI is InChI=1S/C15H21N3O/c1-3-4-5-8-18(2)15(19)13-10-17-14-9-11(16)6-7-12(13)14/h6-7,9-10,17H,3-5,8,16H2,1-2H3. The summed E-state index contributed by atoms with van der Waals surface area (Å²) < 4.78 is 0. The molecule has 19 heavy (non-hydrogen) atoms. The summed E-state index contributed by atoms with van der Waals surface area (Å²) in [5.74, 6) is 0.0622. The Kier molecular flexibility index (Phi) is 4.10. The fourth-order valence-corrected chi connectivity index (χ4v) is 2.23. The van der Waals surface area contributed by atoms with Crippen molar-refractivity contribution >= 4 is 22.5 Å². The number of nitrogens with two attached hydrogens (primary N) is 1. The van der Waals surface area contributed by atoms with E-state index in [0.717, 1.165) is 36.7 Å². The van der Waals surface area contributed by atoms with Crippen LogP contribution in [0.3, 0.4) is 0 Å². The zero-order valence-corrected chi connectivity index (χ0v) is 11.6. The summed E-state index contributed by atoms with van der Waals surface area (Å²) in [6.07, 6.45) is 5.13. The fraction of sp³-hybridized carbons (Fsp3) is 0.400. The number of aromatic amines is 1. The summed E-state index contributed by atoms with van der Waals surface area (Å²) in [4.78, 5) is 17.3. The summed E-state index contributed by atoms with van der Waals surface area (Å²) in [5.41, 5.74) is 8.06. The van der Waals surface area contributed by atoms with Crippen LogP contribution in [0, 0.1) is 0 Å². The molecule has 1 aromatic carbocycles. The van der Waals surface area contributed by atoms with Gasteiger partial charge in [-0.25, -0.2) is 0 Å². The second-order valence-electron chi connectivity index (χ2n) is 4.94. The van der Waals surface area contributed by atoms with Gasteiger partial charge in [0, 0.05) is 36.4 Å². The molecular weight excluding hydrogens is 238 g/mol. The van der Waals surface area contributed by atoms with E-state index in [1.165, 1.54) is 0 Å². The molecule has 0 saturated heterocycles. The lowest BCUT2D eigenvalue weighted by Crippen LogP contribution is -2.27. The van der Waals surface area contributed by atoms with Gasteiger partial charge in [-0.15, -0.1) is 0 Å². The number of benzene rings is 1. The van der Waals surface area contributed by atoms with Gasteiger partial charge in [0.05, 0.1) is 5.56 Å². The van der Waals surface area contributed by atoms with Gasteiger partial charge in [0.1, 0.15) is 0 Å². The number of nitrogens with zero attached hydrogens (tertiary/aromatic N) is 1. The minimum absolute atomic E-state index is 0.0622. The van der Waals surface area contributed by atoms with Crippen molar-refractivity contribution in [3.05, 3.63) is 30.0 Å². The van der Waals surface area contributed by atoms with Crippen LogP contribution >= 0.6 is 0 Å². The van der Waals surface area contributed by atoms with Crippen LogP contribution in [0.25, 0.3) is 10.9 Å². The topological polar surface area (TPSA) is 62.1 Å². The number of hydrogen-bond acceptors (Lipinski definition) is 2. The van der Waals surface area contributed by atoms with Crippen LogP contribution in [-0.4, -0.2) is 29.4 Å². The molecule has 2 aromatic rings. The third-order valence-electron chi connectivity index (χ3n) is 3.38. The van der Waals surface area contributed by atoms with E-state index in [4.69, 9.17) is 5.73 Å². The minimum Gasteiger partial charge on any atom is -0.399 e. The summed E-state index contributed by atoms with van der Waals surface area (Å²) in [6.45, 7) is 2.96. The molecule has 0 aliphatic carbocycles. The molecule has 0 radical (unpaired) electrons. The number of amides is 1. The van der Waals surface area contributed by atoms with Gasteiger partial charge < -0.3 is 15.6 Å². The molecule has 102 valence electrons. The number of H-pyrrole nitrogens is 1. The van der Waals surface area contributed by atoms with Crippen LogP contribution < -0.4 is 5.73 Å². The molecule has 2 rings (SSSR count). The number of rotatable bonds is 5. The van der Waals surface area contributed by atoms with Gasteiger partial charge in [-0.05, 0) is 24.6 Å². The van der Waals surface area contributed by atoms with Crippen molar-refractivity contribution in [1.82, 2.24) is 9.88 Å². The molecule has 0 aliphatic rings. The zero-order valence-electron chi connectivity index (χ0n) is 11.6. The maximum absolute atomic E-state index is 12.4. The number of nitrogens with one attached hydrogen (secondary N) is 1. The van der Waals surface area contributed by atoms with Crippen molar-refractivity contribution in [3.8, 4) is 0 Å². The minimum atomic E-state index is 0.0622. The first-order valence-electron chi connectivity index (χ1n) is 6.75. The van der Waals surface area contributed by atoms with Crippen LogP contribution in [0.4, 0.5) is 5.69 Å². The molecule has 1 aromatic heterocycles. The first-order chi connectivity index (χ1) is 9.13. The van der Waals surface area contributed by atoms with E-state index in [9.17, 15) is 4.79 Å². The molecule has 0 unspecified atom stereocenters. The van der Waals surface area contributed by atoms with Crippen molar-refractivity contribution in [2.75, 3.05) is 19.3 Å².